The summed E-state index contributed by atoms with van der Waals surface area (Å²) >= 11 is 0. The van der Waals surface area contributed by atoms with Crippen LogP contribution in [0.3, 0.4) is 0 Å². The molecule has 2 fully saturated rings. The van der Waals surface area contributed by atoms with Crippen molar-refractivity contribution in [3.63, 3.8) is 0 Å². The van der Waals surface area contributed by atoms with E-state index in [1.54, 1.807) is 7.11 Å². The maximum absolute atomic E-state index is 5.40. The molecule has 0 amide bonds. The van der Waals surface area contributed by atoms with Crippen LogP contribution in [0.1, 0.15) is 31.7 Å². The molecule has 0 unspecified atom stereocenters. The Hall–Kier alpha value is -3.46. The third-order valence-electron chi connectivity index (χ3n) is 6.73. The number of aromatic nitrogens is 5. The van der Waals surface area contributed by atoms with E-state index in [9.17, 15) is 0 Å². The van der Waals surface area contributed by atoms with Crippen molar-refractivity contribution in [1.82, 2.24) is 29.8 Å². The molecule has 0 atom stereocenters. The summed E-state index contributed by atoms with van der Waals surface area (Å²) in [6.07, 6.45) is 8.55. The molecule has 5 heterocycles. The zero-order chi connectivity index (χ0) is 22.2. The molecule has 1 saturated heterocycles. The van der Waals surface area contributed by atoms with Crippen LogP contribution < -0.4 is 20.3 Å². The highest BCUT2D eigenvalue weighted by molar-refractivity contribution is 6.05. The molecule has 0 aromatic carbocycles. The number of anilines is 3. The Labute approximate surface area is 192 Å². The molecule has 0 radical (unpaired) electrons. The molecule has 0 bridgehead atoms. The Balaban J connectivity index is 1.35. The van der Waals surface area contributed by atoms with Gasteiger partial charge in [-0.3, -0.25) is 0 Å². The third-order valence-corrected chi connectivity index (χ3v) is 6.73. The van der Waals surface area contributed by atoms with Crippen LogP contribution in [0.25, 0.3) is 22.1 Å². The monoisotopic (exact) mass is 444 g/mol. The second kappa shape index (κ2) is 8.47. The van der Waals surface area contributed by atoms with E-state index in [4.69, 9.17) is 14.7 Å². The molecular formula is C24H28N8O. The van der Waals surface area contributed by atoms with E-state index in [0.29, 0.717) is 17.9 Å². The summed E-state index contributed by atoms with van der Waals surface area (Å²) in [4.78, 5) is 21.2. The van der Waals surface area contributed by atoms with Gasteiger partial charge in [0.2, 0.25) is 11.8 Å². The number of ether oxygens (including phenoxy) is 1. The summed E-state index contributed by atoms with van der Waals surface area (Å²) < 4.78 is 7.69. The van der Waals surface area contributed by atoms with Crippen LogP contribution in [-0.4, -0.2) is 57.8 Å². The molecule has 1 aliphatic heterocycles. The smallest absolute Gasteiger partial charge is 0.230 e. The van der Waals surface area contributed by atoms with Crippen molar-refractivity contribution in [2.24, 2.45) is 0 Å². The first kappa shape index (κ1) is 20.2. The molecule has 2 aliphatic rings. The second-order valence-corrected chi connectivity index (χ2v) is 8.73. The maximum Gasteiger partial charge on any atom is 0.230 e. The standard InChI is InChI=1S/C24H28N8O/c1-33-21-9-7-18-19-15-27-24(30-23(19)32(22(18)29-21)16-4-2-3-5-16)28-20-8-6-17(14-26-20)31-12-10-25-11-13-31/h6-9,14-16,25H,2-5,10-13H2,1H3,(H,26,27,28,30). The zero-order valence-electron chi connectivity index (χ0n) is 18.8. The summed E-state index contributed by atoms with van der Waals surface area (Å²) in [6.45, 7) is 4.00. The molecule has 4 aromatic heterocycles. The van der Waals surface area contributed by atoms with E-state index >= 15 is 0 Å². The molecule has 33 heavy (non-hydrogen) atoms. The van der Waals surface area contributed by atoms with Gasteiger partial charge < -0.3 is 24.8 Å². The van der Waals surface area contributed by atoms with Crippen LogP contribution in [0, 0.1) is 0 Å². The van der Waals surface area contributed by atoms with Gasteiger partial charge in [0.05, 0.1) is 19.0 Å². The quantitative estimate of drug-likeness (QED) is 0.482. The molecule has 1 saturated carbocycles. The number of hydrogen-bond acceptors (Lipinski definition) is 8. The zero-order valence-corrected chi connectivity index (χ0v) is 18.8. The van der Waals surface area contributed by atoms with Gasteiger partial charge in [-0.1, -0.05) is 12.8 Å². The van der Waals surface area contributed by atoms with Crippen LogP contribution in [0.15, 0.2) is 36.7 Å². The predicted octanol–water partition coefficient (Wildman–Crippen LogP) is 3.65. The highest BCUT2D eigenvalue weighted by Gasteiger charge is 2.24. The Morgan fingerprint density at radius 3 is 2.52 bits per heavy atom. The van der Waals surface area contributed by atoms with Gasteiger partial charge in [-0.05, 0) is 31.0 Å². The lowest BCUT2D eigenvalue weighted by Crippen LogP contribution is -2.43. The molecule has 2 N–H and O–H groups in total. The lowest BCUT2D eigenvalue weighted by atomic mass is 10.2. The van der Waals surface area contributed by atoms with Crippen molar-refractivity contribution in [2.45, 2.75) is 31.7 Å². The third kappa shape index (κ3) is 3.72. The van der Waals surface area contributed by atoms with Crippen LogP contribution in [0.5, 0.6) is 5.88 Å². The van der Waals surface area contributed by atoms with Crippen LogP contribution in [-0.2, 0) is 0 Å². The van der Waals surface area contributed by atoms with Crippen LogP contribution >= 0.6 is 0 Å². The van der Waals surface area contributed by atoms with Gasteiger partial charge in [0.1, 0.15) is 17.1 Å². The number of piperazine rings is 1. The largest absolute Gasteiger partial charge is 0.481 e. The van der Waals surface area contributed by atoms with E-state index in [1.165, 1.54) is 12.8 Å². The van der Waals surface area contributed by atoms with Crippen molar-refractivity contribution >= 4 is 39.5 Å². The first-order valence-corrected chi connectivity index (χ1v) is 11.7. The normalized spacial score (nSPS) is 17.2. The van der Waals surface area contributed by atoms with Gasteiger partial charge in [0, 0.05) is 55.3 Å². The highest BCUT2D eigenvalue weighted by atomic mass is 16.5. The number of fused-ring (bicyclic) bond motifs is 3. The minimum absolute atomic E-state index is 0.392. The Kier molecular flexibility index (Phi) is 5.18. The number of pyridine rings is 2. The molecule has 9 heteroatoms. The van der Waals surface area contributed by atoms with Gasteiger partial charge >= 0.3 is 0 Å². The highest BCUT2D eigenvalue weighted by Crippen LogP contribution is 2.38. The molecule has 9 nitrogen and oxygen atoms in total. The topological polar surface area (TPSA) is 93.0 Å². The van der Waals surface area contributed by atoms with Crippen molar-refractivity contribution in [1.29, 1.82) is 0 Å². The molecule has 170 valence electrons. The first-order valence-electron chi connectivity index (χ1n) is 11.7. The Morgan fingerprint density at radius 2 is 1.76 bits per heavy atom. The van der Waals surface area contributed by atoms with Crippen molar-refractivity contribution in [3.05, 3.63) is 36.7 Å². The number of nitrogens with one attached hydrogen (secondary N) is 2. The SMILES string of the molecule is COc1ccc2c3cnc(Nc4ccc(N5CCNCC5)cn4)nc3n(C3CCCC3)c2n1. The lowest BCUT2D eigenvalue weighted by molar-refractivity contribution is 0.398. The molecular weight excluding hydrogens is 416 g/mol. The fraction of sp³-hybridized carbons (Fsp3) is 0.417. The average Bonchev–Trinajstić information content (AvgIpc) is 3.50. The second-order valence-electron chi connectivity index (χ2n) is 8.73. The van der Waals surface area contributed by atoms with E-state index in [-0.39, 0.29) is 0 Å². The minimum atomic E-state index is 0.392. The van der Waals surface area contributed by atoms with Crippen molar-refractivity contribution in [3.8, 4) is 5.88 Å². The van der Waals surface area contributed by atoms with E-state index in [2.05, 4.69) is 42.2 Å². The van der Waals surface area contributed by atoms with Crippen LogP contribution in [0.2, 0.25) is 0 Å². The van der Waals surface area contributed by atoms with Gasteiger partial charge in [-0.2, -0.15) is 9.97 Å². The lowest BCUT2D eigenvalue weighted by Gasteiger charge is -2.29. The van der Waals surface area contributed by atoms with Gasteiger partial charge in [0.25, 0.3) is 0 Å². The summed E-state index contributed by atoms with van der Waals surface area (Å²) in [5.41, 5.74) is 2.97. The predicted molar refractivity (Wildman–Crippen MR) is 129 cm³/mol. The first-order chi connectivity index (χ1) is 16.3. The Bertz CT molecular complexity index is 1270. The molecule has 0 spiro atoms. The number of methoxy groups -OCH3 is 1. The average molecular weight is 445 g/mol. The van der Waals surface area contributed by atoms with Crippen molar-refractivity contribution in [2.75, 3.05) is 43.5 Å². The van der Waals surface area contributed by atoms with E-state index in [1.807, 2.05) is 24.5 Å². The Morgan fingerprint density at radius 1 is 0.939 bits per heavy atom. The van der Waals surface area contributed by atoms with Crippen molar-refractivity contribution < 1.29 is 4.74 Å². The minimum Gasteiger partial charge on any atom is -0.481 e. The number of nitrogens with zero attached hydrogens (tertiary/aromatic N) is 6. The van der Waals surface area contributed by atoms with E-state index in [0.717, 1.165) is 72.6 Å². The molecule has 4 aromatic rings. The summed E-state index contributed by atoms with van der Waals surface area (Å²) in [5.74, 6) is 1.89. The summed E-state index contributed by atoms with van der Waals surface area (Å²) in [6, 6.07) is 8.44. The summed E-state index contributed by atoms with van der Waals surface area (Å²) in [7, 11) is 1.65. The molecule has 1 aliphatic carbocycles. The van der Waals surface area contributed by atoms with Gasteiger partial charge in [-0.15, -0.1) is 0 Å². The van der Waals surface area contributed by atoms with Crippen LogP contribution in [0.4, 0.5) is 17.5 Å². The fourth-order valence-electron chi connectivity index (χ4n) is 5.04. The van der Waals surface area contributed by atoms with E-state index < -0.39 is 0 Å². The number of rotatable bonds is 5. The summed E-state index contributed by atoms with van der Waals surface area (Å²) in [5, 5.41) is 8.74. The fourth-order valence-corrected chi connectivity index (χ4v) is 5.04. The maximum atomic E-state index is 5.40. The van der Waals surface area contributed by atoms with Gasteiger partial charge in [0.15, 0.2) is 0 Å². The number of hydrogen-bond donors (Lipinski definition) is 2. The van der Waals surface area contributed by atoms with Gasteiger partial charge in [-0.25, -0.2) is 9.97 Å². The molecule has 6 rings (SSSR count).